The van der Waals surface area contributed by atoms with Crippen LogP contribution in [0.5, 0.6) is 0 Å². The molecule has 0 bridgehead atoms. The molecule has 2 aromatic heterocycles. The summed E-state index contributed by atoms with van der Waals surface area (Å²) in [4.78, 5) is 15.8. The van der Waals surface area contributed by atoms with Gasteiger partial charge in [0.05, 0.1) is 0 Å². The van der Waals surface area contributed by atoms with E-state index in [0.717, 1.165) is 11.3 Å². The van der Waals surface area contributed by atoms with Crippen LogP contribution < -0.4 is 5.32 Å². The smallest absolute Gasteiger partial charge is 0.287 e. The van der Waals surface area contributed by atoms with Gasteiger partial charge in [-0.2, -0.15) is 0 Å². The number of carbonyl (C=O) groups excluding carboxylic acids is 1. The van der Waals surface area contributed by atoms with Gasteiger partial charge >= 0.3 is 0 Å². The Balaban J connectivity index is 1.94. The summed E-state index contributed by atoms with van der Waals surface area (Å²) < 4.78 is 5.68. The van der Waals surface area contributed by atoms with Crippen molar-refractivity contribution in [2.24, 2.45) is 0 Å². The Morgan fingerprint density at radius 3 is 2.82 bits per heavy atom. The SMILES string of the molecule is Cc1ccc(CNC(=O)c2ccc(Br)o2)cn1. The van der Waals surface area contributed by atoms with Crippen molar-refractivity contribution in [2.75, 3.05) is 0 Å². The van der Waals surface area contributed by atoms with E-state index in [1.165, 1.54) is 0 Å². The predicted molar refractivity (Wildman–Crippen MR) is 66.6 cm³/mol. The van der Waals surface area contributed by atoms with Crippen molar-refractivity contribution in [3.63, 3.8) is 0 Å². The van der Waals surface area contributed by atoms with Crippen LogP contribution in [0.15, 0.2) is 39.5 Å². The van der Waals surface area contributed by atoms with E-state index in [0.29, 0.717) is 11.2 Å². The van der Waals surface area contributed by atoms with Gasteiger partial charge in [0.25, 0.3) is 5.91 Å². The summed E-state index contributed by atoms with van der Waals surface area (Å²) in [5, 5.41) is 2.75. The number of amides is 1. The van der Waals surface area contributed by atoms with E-state index in [9.17, 15) is 4.79 Å². The summed E-state index contributed by atoms with van der Waals surface area (Å²) in [7, 11) is 0. The molecule has 0 saturated carbocycles. The highest BCUT2D eigenvalue weighted by Crippen LogP contribution is 2.13. The van der Waals surface area contributed by atoms with Gasteiger partial charge in [0.15, 0.2) is 10.4 Å². The molecule has 5 heteroatoms. The first-order valence-corrected chi connectivity index (χ1v) is 5.89. The third-order valence-corrected chi connectivity index (χ3v) is 2.65. The van der Waals surface area contributed by atoms with Gasteiger partial charge in [0.1, 0.15) is 0 Å². The van der Waals surface area contributed by atoms with Crippen LogP contribution in [-0.4, -0.2) is 10.9 Å². The molecule has 2 heterocycles. The number of pyridine rings is 1. The van der Waals surface area contributed by atoms with Crippen molar-refractivity contribution in [1.82, 2.24) is 10.3 Å². The molecule has 17 heavy (non-hydrogen) atoms. The fourth-order valence-electron chi connectivity index (χ4n) is 1.31. The highest BCUT2D eigenvalue weighted by Gasteiger charge is 2.09. The number of hydrogen-bond donors (Lipinski definition) is 1. The molecule has 88 valence electrons. The number of furan rings is 1. The normalized spacial score (nSPS) is 10.2. The predicted octanol–water partition coefficient (Wildman–Crippen LogP) is 2.68. The summed E-state index contributed by atoms with van der Waals surface area (Å²) in [6.07, 6.45) is 1.74. The van der Waals surface area contributed by atoms with Crippen molar-refractivity contribution in [3.05, 3.63) is 52.1 Å². The zero-order chi connectivity index (χ0) is 12.3. The first-order valence-electron chi connectivity index (χ1n) is 5.10. The first kappa shape index (κ1) is 11.9. The Bertz CT molecular complexity index is 520. The average molecular weight is 295 g/mol. The maximum Gasteiger partial charge on any atom is 0.287 e. The van der Waals surface area contributed by atoms with Crippen LogP contribution in [0.3, 0.4) is 0 Å². The van der Waals surface area contributed by atoms with Gasteiger partial charge in [0.2, 0.25) is 0 Å². The first-order chi connectivity index (χ1) is 8.15. The standard InChI is InChI=1S/C12H11BrN2O2/c1-8-2-3-9(6-14-8)7-15-12(16)10-4-5-11(13)17-10/h2-6H,7H2,1H3,(H,15,16). The molecule has 0 atom stereocenters. The molecule has 0 aliphatic rings. The van der Waals surface area contributed by atoms with Crippen LogP contribution in [0.25, 0.3) is 0 Å². The molecule has 1 amide bonds. The van der Waals surface area contributed by atoms with Crippen LogP contribution in [0.4, 0.5) is 0 Å². The Kier molecular flexibility index (Phi) is 3.58. The monoisotopic (exact) mass is 294 g/mol. The average Bonchev–Trinajstić information content (AvgIpc) is 2.75. The molecule has 0 unspecified atom stereocenters. The zero-order valence-corrected chi connectivity index (χ0v) is 10.8. The number of hydrogen-bond acceptors (Lipinski definition) is 3. The lowest BCUT2D eigenvalue weighted by atomic mass is 10.2. The summed E-state index contributed by atoms with van der Waals surface area (Å²) in [6, 6.07) is 7.14. The van der Waals surface area contributed by atoms with Crippen molar-refractivity contribution >= 4 is 21.8 Å². The summed E-state index contributed by atoms with van der Waals surface area (Å²) in [5.74, 6) is 0.0493. The van der Waals surface area contributed by atoms with E-state index >= 15 is 0 Å². The fraction of sp³-hybridized carbons (Fsp3) is 0.167. The van der Waals surface area contributed by atoms with E-state index < -0.39 is 0 Å². The lowest BCUT2D eigenvalue weighted by Gasteiger charge is -2.03. The van der Waals surface area contributed by atoms with E-state index in [1.54, 1.807) is 18.3 Å². The molecule has 4 nitrogen and oxygen atoms in total. The maximum absolute atomic E-state index is 11.7. The molecule has 0 radical (unpaired) electrons. The van der Waals surface area contributed by atoms with Gasteiger partial charge in [-0.05, 0) is 46.6 Å². The van der Waals surface area contributed by atoms with Gasteiger partial charge in [-0.1, -0.05) is 6.07 Å². The Labute approximate surface area is 107 Å². The molecule has 0 aliphatic heterocycles. The van der Waals surface area contributed by atoms with Crippen LogP contribution in [0, 0.1) is 6.92 Å². The van der Waals surface area contributed by atoms with Crippen molar-refractivity contribution in [1.29, 1.82) is 0 Å². The molecular weight excluding hydrogens is 284 g/mol. The minimum absolute atomic E-state index is 0.240. The number of rotatable bonds is 3. The minimum atomic E-state index is -0.240. The third-order valence-electron chi connectivity index (χ3n) is 2.22. The quantitative estimate of drug-likeness (QED) is 0.947. The maximum atomic E-state index is 11.7. The number of nitrogens with one attached hydrogen (secondary N) is 1. The zero-order valence-electron chi connectivity index (χ0n) is 9.24. The third kappa shape index (κ3) is 3.17. The molecule has 1 N–H and O–H groups in total. The molecule has 0 aliphatic carbocycles. The van der Waals surface area contributed by atoms with Crippen molar-refractivity contribution < 1.29 is 9.21 Å². The number of aromatic nitrogens is 1. The second kappa shape index (κ2) is 5.14. The number of carbonyl (C=O) groups is 1. The second-order valence-corrected chi connectivity index (χ2v) is 4.38. The number of halogens is 1. The van der Waals surface area contributed by atoms with E-state index in [-0.39, 0.29) is 11.7 Å². The highest BCUT2D eigenvalue weighted by molar-refractivity contribution is 9.10. The van der Waals surface area contributed by atoms with Crippen molar-refractivity contribution in [3.8, 4) is 0 Å². The Morgan fingerprint density at radius 2 is 2.24 bits per heavy atom. The van der Waals surface area contributed by atoms with Crippen LogP contribution >= 0.6 is 15.9 Å². The molecule has 0 aromatic carbocycles. The van der Waals surface area contributed by atoms with Crippen LogP contribution in [0.1, 0.15) is 21.8 Å². The fourth-order valence-corrected chi connectivity index (χ4v) is 1.62. The molecular formula is C12H11BrN2O2. The summed E-state index contributed by atoms with van der Waals surface area (Å²) >= 11 is 3.15. The van der Waals surface area contributed by atoms with Gasteiger partial charge in [-0.3, -0.25) is 9.78 Å². The largest absolute Gasteiger partial charge is 0.444 e. The molecule has 2 aromatic rings. The minimum Gasteiger partial charge on any atom is -0.444 e. The molecule has 2 rings (SSSR count). The Morgan fingerprint density at radius 1 is 1.41 bits per heavy atom. The van der Waals surface area contributed by atoms with Gasteiger partial charge in [-0.25, -0.2) is 0 Å². The van der Waals surface area contributed by atoms with Gasteiger partial charge in [0, 0.05) is 18.4 Å². The lowest BCUT2D eigenvalue weighted by Crippen LogP contribution is -2.22. The molecule has 0 fully saturated rings. The van der Waals surface area contributed by atoms with E-state index in [1.807, 2.05) is 19.1 Å². The van der Waals surface area contributed by atoms with Crippen molar-refractivity contribution in [2.45, 2.75) is 13.5 Å². The van der Waals surface area contributed by atoms with E-state index in [4.69, 9.17) is 4.42 Å². The topological polar surface area (TPSA) is 55.1 Å². The number of nitrogens with zero attached hydrogens (tertiary/aromatic N) is 1. The van der Waals surface area contributed by atoms with E-state index in [2.05, 4.69) is 26.2 Å². The van der Waals surface area contributed by atoms with Crippen LogP contribution in [-0.2, 0) is 6.54 Å². The Hall–Kier alpha value is -1.62. The van der Waals surface area contributed by atoms with Gasteiger partial charge in [-0.15, -0.1) is 0 Å². The number of aryl methyl sites for hydroxylation is 1. The lowest BCUT2D eigenvalue weighted by molar-refractivity contribution is 0.0922. The van der Waals surface area contributed by atoms with Crippen LogP contribution in [0.2, 0.25) is 0 Å². The second-order valence-electron chi connectivity index (χ2n) is 3.59. The molecule has 0 spiro atoms. The highest BCUT2D eigenvalue weighted by atomic mass is 79.9. The summed E-state index contributed by atoms with van der Waals surface area (Å²) in [5.41, 5.74) is 1.91. The summed E-state index contributed by atoms with van der Waals surface area (Å²) in [6.45, 7) is 2.35. The van der Waals surface area contributed by atoms with Gasteiger partial charge < -0.3 is 9.73 Å². The molecule has 0 saturated heterocycles.